The van der Waals surface area contributed by atoms with E-state index in [-0.39, 0.29) is 0 Å². The Morgan fingerprint density at radius 1 is 0.950 bits per heavy atom. The van der Waals surface area contributed by atoms with E-state index in [9.17, 15) is 0 Å². The van der Waals surface area contributed by atoms with Crippen LogP contribution in [0.4, 0.5) is 0 Å². The second-order valence-corrected chi connectivity index (χ2v) is 4.03. The van der Waals surface area contributed by atoms with Crippen LogP contribution in [0.1, 0.15) is 54.9 Å². The molecule has 0 heteroatoms. The highest BCUT2D eigenvalue weighted by atomic mass is 13.9. The lowest BCUT2D eigenvalue weighted by Crippen LogP contribution is -1.77. The van der Waals surface area contributed by atoms with Gasteiger partial charge in [-0.3, -0.25) is 0 Å². The van der Waals surface area contributed by atoms with Crippen LogP contribution in [0, 0.1) is 0 Å². The van der Waals surface area contributed by atoms with Gasteiger partial charge in [-0.25, -0.2) is 0 Å². The lowest BCUT2D eigenvalue weighted by molar-refractivity contribution is 1.37. The first-order valence-corrected chi connectivity index (χ1v) is 7.52. The number of rotatable bonds is 0. The Kier molecular flexibility index (Phi) is 23.3. The molecule has 0 amide bonds. The fraction of sp³-hybridized carbons (Fsp3) is 0.400. The Labute approximate surface area is 128 Å². The average molecular weight is 274 g/mol. The van der Waals surface area contributed by atoms with Gasteiger partial charge in [0.1, 0.15) is 0 Å². The molecule has 114 valence electrons. The first-order chi connectivity index (χ1) is 9.54. The van der Waals surface area contributed by atoms with Crippen molar-refractivity contribution in [3.05, 3.63) is 72.4 Å². The summed E-state index contributed by atoms with van der Waals surface area (Å²) in [5.74, 6) is 0. The molecule has 0 aromatic carbocycles. The average Bonchev–Trinajstić information content (AvgIpc) is 2.44. The molecule has 0 N–H and O–H groups in total. The van der Waals surface area contributed by atoms with Gasteiger partial charge in [0, 0.05) is 0 Å². The van der Waals surface area contributed by atoms with Gasteiger partial charge in [0.05, 0.1) is 0 Å². The van der Waals surface area contributed by atoms with Gasteiger partial charge in [0.15, 0.2) is 0 Å². The molecule has 0 radical (unpaired) electrons. The van der Waals surface area contributed by atoms with Gasteiger partial charge in [0.25, 0.3) is 0 Å². The van der Waals surface area contributed by atoms with E-state index in [2.05, 4.69) is 44.4 Å². The molecular weight excluding hydrogens is 240 g/mol. The first kappa shape index (κ1) is 23.5. The van der Waals surface area contributed by atoms with Gasteiger partial charge in [-0.05, 0) is 38.3 Å². The molecule has 0 spiro atoms. The fourth-order valence-corrected chi connectivity index (χ4v) is 0.937. The third-order valence-electron chi connectivity index (χ3n) is 1.81. The predicted molar refractivity (Wildman–Crippen MR) is 98.1 cm³/mol. The summed E-state index contributed by atoms with van der Waals surface area (Å²) in [5.41, 5.74) is 3.46. The van der Waals surface area contributed by atoms with Crippen molar-refractivity contribution in [1.29, 1.82) is 0 Å². The summed E-state index contributed by atoms with van der Waals surface area (Å²) in [4.78, 5) is 0. The highest BCUT2D eigenvalue weighted by molar-refractivity contribution is 5.39. The monoisotopic (exact) mass is 274 g/mol. The molecule has 0 saturated carbocycles. The number of hydrogen-bond acceptors (Lipinski definition) is 0. The van der Waals surface area contributed by atoms with Gasteiger partial charge in [-0.1, -0.05) is 82.4 Å². The number of hydrogen-bond donors (Lipinski definition) is 0. The number of allylic oxidation sites excluding steroid dienone is 10. The van der Waals surface area contributed by atoms with Crippen molar-refractivity contribution in [2.75, 3.05) is 0 Å². The maximum absolute atomic E-state index is 3.95. The Balaban J connectivity index is -0.000000306. The van der Waals surface area contributed by atoms with Crippen molar-refractivity contribution in [2.24, 2.45) is 0 Å². The highest BCUT2D eigenvalue weighted by Gasteiger charge is 1.89. The zero-order valence-electron chi connectivity index (χ0n) is 14.7. The van der Waals surface area contributed by atoms with Crippen LogP contribution in [0.15, 0.2) is 72.4 Å². The summed E-state index contributed by atoms with van der Waals surface area (Å²) in [6.45, 7) is 21.5. The second kappa shape index (κ2) is 19.8. The SMILES string of the molecule is C=C(C)C.C=C1/C=C\C=C/C/C=C\C=C/1C.CC.CC. The minimum absolute atomic E-state index is 1.00. The van der Waals surface area contributed by atoms with Crippen LogP contribution >= 0.6 is 0 Å². The zero-order valence-corrected chi connectivity index (χ0v) is 14.7. The molecular formula is C20H34. The molecule has 0 aromatic heterocycles. The van der Waals surface area contributed by atoms with Gasteiger partial charge in [-0.15, -0.1) is 6.58 Å². The van der Waals surface area contributed by atoms with Crippen LogP contribution in [0.2, 0.25) is 0 Å². The Bertz CT molecular complexity index is 342. The third-order valence-corrected chi connectivity index (χ3v) is 1.81. The van der Waals surface area contributed by atoms with E-state index in [1.807, 2.05) is 59.8 Å². The van der Waals surface area contributed by atoms with Crippen LogP contribution < -0.4 is 0 Å². The lowest BCUT2D eigenvalue weighted by Gasteiger charge is -1.97. The summed E-state index contributed by atoms with van der Waals surface area (Å²) in [5, 5.41) is 0. The van der Waals surface area contributed by atoms with Crippen molar-refractivity contribution in [3.63, 3.8) is 0 Å². The standard InChI is InChI=1S/C12H14.C4H8.2C2H6/c1-11-9-7-5-3-4-6-8-10-12(11)2;1-4(2)3;2*1-2/h3,5-10H,1,4H2,2H3;1H2,2-3H3;2*1-2H3/b5-3-,8-6-,9-7-,12-10-;;;. The van der Waals surface area contributed by atoms with E-state index in [1.54, 1.807) is 0 Å². The van der Waals surface area contributed by atoms with E-state index in [1.165, 1.54) is 11.1 Å². The van der Waals surface area contributed by atoms with Crippen molar-refractivity contribution in [2.45, 2.75) is 54.9 Å². The molecule has 0 heterocycles. The largest absolute Gasteiger partial charge is 0.100 e. The van der Waals surface area contributed by atoms with E-state index >= 15 is 0 Å². The van der Waals surface area contributed by atoms with Gasteiger partial charge >= 0.3 is 0 Å². The Morgan fingerprint density at radius 3 is 1.90 bits per heavy atom. The first-order valence-electron chi connectivity index (χ1n) is 7.52. The van der Waals surface area contributed by atoms with Crippen LogP contribution in [0.3, 0.4) is 0 Å². The van der Waals surface area contributed by atoms with E-state index < -0.39 is 0 Å². The molecule has 1 aliphatic carbocycles. The molecule has 0 aliphatic heterocycles. The maximum Gasteiger partial charge on any atom is -0.0163 e. The smallest absolute Gasteiger partial charge is 0.0163 e. The van der Waals surface area contributed by atoms with E-state index in [0.29, 0.717) is 0 Å². The summed E-state index contributed by atoms with van der Waals surface area (Å²) in [7, 11) is 0. The molecule has 0 nitrogen and oxygen atoms in total. The molecule has 0 atom stereocenters. The molecule has 0 saturated heterocycles. The van der Waals surface area contributed by atoms with Crippen molar-refractivity contribution >= 4 is 0 Å². The summed E-state index contributed by atoms with van der Waals surface area (Å²) in [6.07, 6.45) is 15.5. The van der Waals surface area contributed by atoms with Crippen molar-refractivity contribution in [1.82, 2.24) is 0 Å². The lowest BCUT2D eigenvalue weighted by atomic mass is 10.1. The second-order valence-electron chi connectivity index (χ2n) is 4.03. The van der Waals surface area contributed by atoms with Gasteiger partial charge in [-0.2, -0.15) is 0 Å². The maximum atomic E-state index is 3.95. The summed E-state index contributed by atoms with van der Waals surface area (Å²) < 4.78 is 0. The molecule has 0 unspecified atom stereocenters. The van der Waals surface area contributed by atoms with Crippen LogP contribution in [-0.2, 0) is 0 Å². The summed E-state index contributed by atoms with van der Waals surface area (Å²) >= 11 is 0. The highest BCUT2D eigenvalue weighted by Crippen LogP contribution is 2.09. The quantitative estimate of drug-likeness (QED) is 0.410. The van der Waals surface area contributed by atoms with Gasteiger partial charge in [0.2, 0.25) is 0 Å². The predicted octanol–water partition coefficient (Wildman–Crippen LogP) is 7.20. The van der Waals surface area contributed by atoms with Crippen LogP contribution in [0.25, 0.3) is 0 Å². The molecule has 1 aliphatic rings. The van der Waals surface area contributed by atoms with E-state index in [0.717, 1.165) is 12.0 Å². The third kappa shape index (κ3) is 21.7. The van der Waals surface area contributed by atoms with Crippen molar-refractivity contribution in [3.8, 4) is 0 Å². The minimum atomic E-state index is 1.00. The van der Waals surface area contributed by atoms with Gasteiger partial charge < -0.3 is 0 Å². The van der Waals surface area contributed by atoms with Crippen LogP contribution in [-0.4, -0.2) is 0 Å². The molecule has 20 heavy (non-hydrogen) atoms. The summed E-state index contributed by atoms with van der Waals surface area (Å²) in [6, 6.07) is 0. The molecule has 0 bridgehead atoms. The Hall–Kier alpha value is -1.56. The minimum Gasteiger partial charge on any atom is -0.100 e. The van der Waals surface area contributed by atoms with E-state index in [4.69, 9.17) is 0 Å². The normalized spacial score (nSPS) is 19.9. The fourth-order valence-electron chi connectivity index (χ4n) is 0.937. The molecule has 1 rings (SSSR count). The topological polar surface area (TPSA) is 0 Å². The van der Waals surface area contributed by atoms with Crippen LogP contribution in [0.5, 0.6) is 0 Å². The Morgan fingerprint density at radius 2 is 1.40 bits per heavy atom. The molecule has 0 fully saturated rings. The van der Waals surface area contributed by atoms with Crippen molar-refractivity contribution < 1.29 is 0 Å². The zero-order chi connectivity index (χ0) is 16.4. The molecule has 0 aromatic rings.